The van der Waals surface area contributed by atoms with Gasteiger partial charge in [0, 0.05) is 11.8 Å². The Hall–Kier alpha value is -1.10. The van der Waals surface area contributed by atoms with E-state index < -0.39 is 6.10 Å². The van der Waals surface area contributed by atoms with Gasteiger partial charge in [-0.05, 0) is 34.9 Å². The summed E-state index contributed by atoms with van der Waals surface area (Å²) in [5.41, 5.74) is 8.16. The van der Waals surface area contributed by atoms with Gasteiger partial charge in [0.1, 0.15) is 11.9 Å². The number of nitrogens with two attached hydrogens (primary N) is 1. The molecule has 3 nitrogen and oxygen atoms in total. The first-order chi connectivity index (χ1) is 7.59. The lowest BCUT2D eigenvalue weighted by Crippen LogP contribution is -2.05. The van der Waals surface area contributed by atoms with E-state index in [1.807, 2.05) is 17.7 Å². The molecule has 3 N–H and O–H groups in total. The second kappa shape index (κ2) is 4.41. The van der Waals surface area contributed by atoms with Crippen LogP contribution in [0.15, 0.2) is 23.0 Å². The Morgan fingerprint density at radius 2 is 2.19 bits per heavy atom. The van der Waals surface area contributed by atoms with Gasteiger partial charge in [-0.15, -0.1) is 0 Å². The Labute approximate surface area is 103 Å². The van der Waals surface area contributed by atoms with Gasteiger partial charge >= 0.3 is 0 Å². The van der Waals surface area contributed by atoms with Crippen molar-refractivity contribution in [2.75, 3.05) is 5.73 Å². The summed E-state index contributed by atoms with van der Waals surface area (Å²) < 4.78 is 0. The van der Waals surface area contributed by atoms with Crippen molar-refractivity contribution >= 4 is 28.8 Å². The van der Waals surface area contributed by atoms with Crippen LogP contribution in [0.2, 0.25) is 5.02 Å². The van der Waals surface area contributed by atoms with Crippen molar-refractivity contribution < 1.29 is 5.11 Å². The normalized spacial score (nSPS) is 12.7. The molecule has 2 rings (SSSR count). The van der Waals surface area contributed by atoms with Crippen molar-refractivity contribution in [1.29, 1.82) is 0 Å². The monoisotopic (exact) mass is 254 g/mol. The minimum Gasteiger partial charge on any atom is -0.383 e. The first kappa shape index (κ1) is 11.4. The molecule has 0 spiro atoms. The lowest BCUT2D eigenvalue weighted by molar-refractivity contribution is 0.220. The summed E-state index contributed by atoms with van der Waals surface area (Å²) in [4.78, 5) is 3.93. The molecule has 2 aromatic rings. The molecule has 16 heavy (non-hydrogen) atoms. The number of nitrogens with zero attached hydrogens (tertiary/aromatic N) is 1. The summed E-state index contributed by atoms with van der Waals surface area (Å²) in [7, 11) is 0. The molecule has 0 aliphatic carbocycles. The number of nitrogen functional groups attached to an aromatic ring is 1. The van der Waals surface area contributed by atoms with Crippen molar-refractivity contribution in [3.05, 3.63) is 44.7 Å². The summed E-state index contributed by atoms with van der Waals surface area (Å²) in [6.07, 6.45) is 0.700. The van der Waals surface area contributed by atoms with E-state index in [0.717, 1.165) is 11.1 Å². The lowest BCUT2D eigenvalue weighted by Gasteiger charge is -2.13. The highest BCUT2D eigenvalue weighted by Crippen LogP contribution is 2.31. The number of aliphatic hydroxyl groups is 1. The number of aromatic nitrogens is 1. The number of hydrogen-bond acceptors (Lipinski definition) is 4. The van der Waals surface area contributed by atoms with Crippen molar-refractivity contribution in [3.8, 4) is 0 Å². The number of hydrogen-bond donors (Lipinski definition) is 2. The topological polar surface area (TPSA) is 59.1 Å². The second-order valence-electron chi connectivity index (χ2n) is 3.54. The fraction of sp³-hybridized carbons (Fsp3) is 0.182. The van der Waals surface area contributed by atoms with Gasteiger partial charge in [0.2, 0.25) is 0 Å². The van der Waals surface area contributed by atoms with E-state index in [1.165, 1.54) is 6.20 Å². The smallest absolute Gasteiger partial charge is 0.129 e. The number of anilines is 1. The average Bonchev–Trinajstić information content (AvgIpc) is 2.67. The molecule has 0 aromatic carbocycles. The molecule has 0 aliphatic rings. The molecule has 0 amide bonds. The van der Waals surface area contributed by atoms with Crippen LogP contribution in [0, 0.1) is 6.92 Å². The Bertz CT molecular complexity index is 512. The molecule has 84 valence electrons. The van der Waals surface area contributed by atoms with Crippen LogP contribution < -0.4 is 5.73 Å². The third-order valence-electron chi connectivity index (χ3n) is 2.40. The molecule has 0 saturated heterocycles. The Morgan fingerprint density at radius 1 is 1.44 bits per heavy atom. The SMILES string of the molecule is Cc1cscc1C(O)c1cc(Cl)cnc1N. The molecule has 0 saturated carbocycles. The number of halogens is 1. The second-order valence-corrected chi connectivity index (χ2v) is 4.72. The summed E-state index contributed by atoms with van der Waals surface area (Å²) in [5.74, 6) is 0.308. The molecular formula is C11H11ClN2OS. The molecule has 0 aliphatic heterocycles. The molecular weight excluding hydrogens is 244 g/mol. The summed E-state index contributed by atoms with van der Waals surface area (Å²) >= 11 is 7.38. The third kappa shape index (κ3) is 2.04. The van der Waals surface area contributed by atoms with Crippen LogP contribution >= 0.6 is 22.9 Å². The summed E-state index contributed by atoms with van der Waals surface area (Å²) in [5, 5.41) is 14.5. The number of thiophene rings is 1. The lowest BCUT2D eigenvalue weighted by atomic mass is 10.0. The molecule has 1 atom stereocenters. The number of aryl methyl sites for hydroxylation is 1. The van der Waals surface area contributed by atoms with Gasteiger partial charge in [-0.3, -0.25) is 0 Å². The average molecular weight is 255 g/mol. The van der Waals surface area contributed by atoms with Gasteiger partial charge in [-0.2, -0.15) is 11.3 Å². The van der Waals surface area contributed by atoms with Gasteiger partial charge in [0.05, 0.1) is 5.02 Å². The van der Waals surface area contributed by atoms with Crippen LogP contribution in [0.1, 0.15) is 22.8 Å². The van der Waals surface area contributed by atoms with Crippen LogP contribution in [-0.2, 0) is 0 Å². The highest BCUT2D eigenvalue weighted by molar-refractivity contribution is 7.08. The highest BCUT2D eigenvalue weighted by atomic mass is 35.5. The first-order valence-corrected chi connectivity index (χ1v) is 6.03. The Morgan fingerprint density at radius 3 is 2.81 bits per heavy atom. The predicted octanol–water partition coefficient (Wildman–Crippen LogP) is 2.77. The number of pyridine rings is 1. The fourth-order valence-electron chi connectivity index (χ4n) is 1.50. The maximum absolute atomic E-state index is 10.2. The van der Waals surface area contributed by atoms with E-state index in [2.05, 4.69) is 4.98 Å². The van der Waals surface area contributed by atoms with E-state index in [-0.39, 0.29) is 0 Å². The van der Waals surface area contributed by atoms with Gasteiger partial charge in [-0.1, -0.05) is 11.6 Å². The van der Waals surface area contributed by atoms with E-state index in [0.29, 0.717) is 16.4 Å². The van der Waals surface area contributed by atoms with Gasteiger partial charge in [0.25, 0.3) is 0 Å². The number of aliphatic hydroxyl groups excluding tert-OH is 1. The van der Waals surface area contributed by atoms with E-state index >= 15 is 0 Å². The van der Waals surface area contributed by atoms with Crippen molar-refractivity contribution in [1.82, 2.24) is 4.98 Å². The van der Waals surface area contributed by atoms with Crippen LogP contribution in [0.3, 0.4) is 0 Å². The third-order valence-corrected chi connectivity index (χ3v) is 3.49. The quantitative estimate of drug-likeness (QED) is 0.866. The maximum Gasteiger partial charge on any atom is 0.129 e. The summed E-state index contributed by atoms with van der Waals surface area (Å²) in [6, 6.07) is 1.64. The highest BCUT2D eigenvalue weighted by Gasteiger charge is 2.17. The first-order valence-electron chi connectivity index (χ1n) is 4.71. The molecule has 2 heterocycles. The summed E-state index contributed by atoms with van der Waals surface area (Å²) in [6.45, 7) is 1.95. The van der Waals surface area contributed by atoms with Crippen LogP contribution in [0.25, 0.3) is 0 Å². The Balaban J connectivity index is 2.45. The van der Waals surface area contributed by atoms with Crippen LogP contribution in [0.5, 0.6) is 0 Å². The van der Waals surface area contributed by atoms with E-state index in [9.17, 15) is 5.11 Å². The van der Waals surface area contributed by atoms with Gasteiger partial charge < -0.3 is 10.8 Å². The molecule has 0 radical (unpaired) electrons. The van der Waals surface area contributed by atoms with Gasteiger partial charge in [-0.25, -0.2) is 4.98 Å². The van der Waals surface area contributed by atoms with Crippen molar-refractivity contribution in [2.45, 2.75) is 13.0 Å². The zero-order chi connectivity index (χ0) is 11.7. The van der Waals surface area contributed by atoms with E-state index in [1.54, 1.807) is 17.4 Å². The Kier molecular flexibility index (Phi) is 3.14. The van der Waals surface area contributed by atoms with Crippen LogP contribution in [-0.4, -0.2) is 10.1 Å². The predicted molar refractivity (Wildman–Crippen MR) is 66.8 cm³/mol. The maximum atomic E-state index is 10.2. The van der Waals surface area contributed by atoms with Crippen molar-refractivity contribution in [3.63, 3.8) is 0 Å². The molecule has 2 aromatic heterocycles. The molecule has 0 fully saturated rings. The minimum absolute atomic E-state index is 0.308. The fourth-order valence-corrected chi connectivity index (χ4v) is 2.54. The zero-order valence-electron chi connectivity index (χ0n) is 8.64. The molecule has 5 heteroatoms. The standard InChI is InChI=1S/C11H11ClN2OS/c1-6-4-16-5-9(6)10(15)8-2-7(12)3-14-11(8)13/h2-5,10,15H,1H3,(H2,13,14). The molecule has 1 unspecified atom stereocenters. The zero-order valence-corrected chi connectivity index (χ0v) is 10.2. The van der Waals surface area contributed by atoms with E-state index in [4.69, 9.17) is 17.3 Å². The van der Waals surface area contributed by atoms with Crippen LogP contribution in [0.4, 0.5) is 5.82 Å². The molecule has 0 bridgehead atoms. The number of rotatable bonds is 2. The van der Waals surface area contributed by atoms with Crippen molar-refractivity contribution in [2.24, 2.45) is 0 Å². The minimum atomic E-state index is -0.766. The van der Waals surface area contributed by atoms with Gasteiger partial charge in [0.15, 0.2) is 0 Å². The largest absolute Gasteiger partial charge is 0.383 e.